The number of cyclic esters (lactones) is 1. The second kappa shape index (κ2) is 9.44. The van der Waals surface area contributed by atoms with E-state index in [1.165, 1.54) is 24.1 Å². The zero-order chi connectivity index (χ0) is 22.6. The van der Waals surface area contributed by atoms with Crippen molar-refractivity contribution < 1.29 is 32.2 Å². The molecule has 2 N–H and O–H groups in total. The second-order valence-electron chi connectivity index (χ2n) is 6.92. The number of ether oxygens (including phenoxy) is 4. The highest BCUT2D eigenvalue weighted by atomic mass is 32.2. The van der Waals surface area contributed by atoms with Gasteiger partial charge in [-0.15, -0.1) is 0 Å². The first kappa shape index (κ1) is 22.7. The Morgan fingerprint density at radius 1 is 1.10 bits per heavy atom. The molecule has 2 aromatic carbocycles. The number of sulfonamides is 1. The number of primary sulfonamides is 1. The van der Waals surface area contributed by atoms with Crippen LogP contribution in [0.4, 0.5) is 4.79 Å². The molecular weight excluding hydrogens is 424 g/mol. The normalized spacial score (nSPS) is 18.6. The molecule has 0 aliphatic carbocycles. The lowest BCUT2D eigenvalue weighted by Gasteiger charge is -2.21. The van der Waals surface area contributed by atoms with Crippen LogP contribution in [-0.2, 0) is 14.8 Å². The molecule has 0 aromatic heterocycles. The van der Waals surface area contributed by atoms with Crippen LogP contribution in [0.1, 0.15) is 25.5 Å². The molecule has 0 radical (unpaired) electrons. The molecule has 1 aliphatic heterocycles. The predicted molar refractivity (Wildman–Crippen MR) is 113 cm³/mol. The van der Waals surface area contributed by atoms with Gasteiger partial charge in [-0.05, 0) is 43.7 Å². The number of nitrogens with zero attached hydrogens (tertiary/aromatic N) is 1. The second-order valence-corrected chi connectivity index (χ2v) is 8.45. The molecule has 3 rings (SSSR count). The number of para-hydroxylation sites is 2. The molecule has 2 atom stereocenters. The number of benzene rings is 2. The summed E-state index contributed by atoms with van der Waals surface area (Å²) in [6.07, 6.45) is -1.17. The minimum absolute atomic E-state index is 0.126. The van der Waals surface area contributed by atoms with Gasteiger partial charge in [-0.2, -0.15) is 0 Å². The molecule has 1 aliphatic rings. The molecule has 0 bridgehead atoms. The highest BCUT2D eigenvalue weighted by Crippen LogP contribution is 2.35. The van der Waals surface area contributed by atoms with Gasteiger partial charge in [0.15, 0.2) is 11.5 Å². The molecule has 1 heterocycles. The average Bonchev–Trinajstić information content (AvgIpc) is 3.02. The van der Waals surface area contributed by atoms with Crippen molar-refractivity contribution in [3.63, 3.8) is 0 Å². The number of nitrogens with two attached hydrogens (primary N) is 1. The fourth-order valence-corrected chi connectivity index (χ4v) is 4.17. The Bertz CT molecular complexity index is 1040. The summed E-state index contributed by atoms with van der Waals surface area (Å²) in [5.74, 6) is 1.35. The molecule has 31 heavy (non-hydrogen) atoms. The summed E-state index contributed by atoms with van der Waals surface area (Å²) in [5, 5.41) is 5.29. The quantitative estimate of drug-likeness (QED) is 0.624. The van der Waals surface area contributed by atoms with Gasteiger partial charge in [-0.3, -0.25) is 4.90 Å². The van der Waals surface area contributed by atoms with Crippen molar-refractivity contribution in [1.82, 2.24) is 4.90 Å². The molecule has 1 fully saturated rings. The number of hydrogen-bond donors (Lipinski definition) is 1. The van der Waals surface area contributed by atoms with Gasteiger partial charge < -0.3 is 18.9 Å². The first-order valence-corrected chi connectivity index (χ1v) is 11.3. The van der Waals surface area contributed by atoms with Gasteiger partial charge in [0.1, 0.15) is 23.4 Å². The van der Waals surface area contributed by atoms with Crippen molar-refractivity contribution in [2.45, 2.75) is 30.9 Å². The summed E-state index contributed by atoms with van der Waals surface area (Å²) >= 11 is 0. The van der Waals surface area contributed by atoms with E-state index in [9.17, 15) is 13.2 Å². The Hall–Kier alpha value is -2.98. The first-order valence-electron chi connectivity index (χ1n) is 9.78. The van der Waals surface area contributed by atoms with E-state index in [1.54, 1.807) is 12.1 Å². The van der Waals surface area contributed by atoms with E-state index in [0.29, 0.717) is 23.7 Å². The number of rotatable bonds is 9. The van der Waals surface area contributed by atoms with Crippen molar-refractivity contribution in [1.29, 1.82) is 0 Å². The number of hydrogen-bond acceptors (Lipinski definition) is 7. The molecule has 1 amide bonds. The topological polar surface area (TPSA) is 117 Å². The van der Waals surface area contributed by atoms with Gasteiger partial charge in [0, 0.05) is 0 Å². The van der Waals surface area contributed by atoms with Gasteiger partial charge >= 0.3 is 6.09 Å². The van der Waals surface area contributed by atoms with Crippen molar-refractivity contribution in [3.8, 4) is 17.2 Å². The molecular formula is C21H26N2O7S. The molecule has 9 nitrogen and oxygen atoms in total. The van der Waals surface area contributed by atoms with E-state index in [1.807, 2.05) is 32.0 Å². The maximum absolute atomic E-state index is 12.4. The minimum Gasteiger partial charge on any atom is -0.495 e. The Morgan fingerprint density at radius 2 is 1.77 bits per heavy atom. The molecule has 2 aromatic rings. The Kier molecular flexibility index (Phi) is 6.91. The maximum atomic E-state index is 12.4. The van der Waals surface area contributed by atoms with E-state index in [0.717, 1.165) is 0 Å². The summed E-state index contributed by atoms with van der Waals surface area (Å²) in [7, 11) is -2.65. The van der Waals surface area contributed by atoms with Crippen LogP contribution in [0.2, 0.25) is 0 Å². The zero-order valence-corrected chi connectivity index (χ0v) is 18.4. The van der Waals surface area contributed by atoms with Gasteiger partial charge in [0.2, 0.25) is 10.0 Å². The van der Waals surface area contributed by atoms with Crippen LogP contribution in [0.5, 0.6) is 17.2 Å². The predicted octanol–water partition coefficient (Wildman–Crippen LogP) is 2.70. The average molecular weight is 451 g/mol. The fraction of sp³-hybridized carbons (Fsp3) is 0.381. The third-order valence-corrected chi connectivity index (χ3v) is 5.89. The molecule has 1 saturated heterocycles. The Labute approximate surface area is 181 Å². The number of methoxy groups -OCH3 is 1. The van der Waals surface area contributed by atoms with Gasteiger partial charge in [-0.1, -0.05) is 18.2 Å². The van der Waals surface area contributed by atoms with Crippen LogP contribution in [0.3, 0.4) is 0 Å². The molecule has 10 heteroatoms. The SMILES string of the molecule is CCOc1ccccc1OCCN1C(=O)OC(c2ccc(OC)c(S(N)(=O)=O)c2)C1C. The standard InChI is InChI=1S/C21H26N2O7S/c1-4-28-16-7-5-6-8-17(16)29-12-11-23-14(2)20(30-21(23)24)15-9-10-18(27-3)19(13-15)31(22,25)26/h5-10,13-14,20H,4,11-12H2,1-3H3,(H2,22,25,26). The summed E-state index contributed by atoms with van der Waals surface area (Å²) in [5.41, 5.74) is 0.510. The first-order chi connectivity index (χ1) is 14.8. The maximum Gasteiger partial charge on any atom is 0.410 e. The van der Waals surface area contributed by atoms with Crippen molar-refractivity contribution >= 4 is 16.1 Å². The Morgan fingerprint density at radius 3 is 2.39 bits per heavy atom. The lowest BCUT2D eigenvalue weighted by atomic mass is 10.0. The number of carbonyl (C=O) groups is 1. The fourth-order valence-electron chi connectivity index (χ4n) is 3.44. The zero-order valence-electron chi connectivity index (χ0n) is 17.6. The minimum atomic E-state index is -4.01. The Balaban J connectivity index is 1.71. The number of carbonyl (C=O) groups excluding carboxylic acids is 1. The molecule has 168 valence electrons. The van der Waals surface area contributed by atoms with Crippen LogP contribution < -0.4 is 19.3 Å². The lowest BCUT2D eigenvalue weighted by Crippen LogP contribution is -2.35. The highest BCUT2D eigenvalue weighted by Gasteiger charge is 2.40. The summed E-state index contributed by atoms with van der Waals surface area (Å²) < 4.78 is 45.7. The van der Waals surface area contributed by atoms with Crippen LogP contribution >= 0.6 is 0 Å². The van der Waals surface area contributed by atoms with Gasteiger partial charge in [-0.25, -0.2) is 18.4 Å². The molecule has 0 saturated carbocycles. The van der Waals surface area contributed by atoms with E-state index < -0.39 is 22.2 Å². The van der Waals surface area contributed by atoms with Crippen molar-refractivity contribution in [2.24, 2.45) is 5.14 Å². The smallest absolute Gasteiger partial charge is 0.410 e. The molecule has 2 unspecified atom stereocenters. The van der Waals surface area contributed by atoms with Crippen LogP contribution in [0.15, 0.2) is 47.4 Å². The third kappa shape index (κ3) is 5.02. The lowest BCUT2D eigenvalue weighted by molar-refractivity contribution is 0.129. The number of amides is 1. The summed E-state index contributed by atoms with van der Waals surface area (Å²) in [4.78, 5) is 13.8. The van der Waals surface area contributed by atoms with E-state index in [4.69, 9.17) is 24.1 Å². The van der Waals surface area contributed by atoms with Crippen LogP contribution in [0, 0.1) is 0 Å². The van der Waals surface area contributed by atoms with E-state index in [-0.39, 0.29) is 29.8 Å². The third-order valence-electron chi connectivity index (χ3n) is 4.95. The largest absolute Gasteiger partial charge is 0.495 e. The van der Waals surface area contributed by atoms with Crippen LogP contribution in [0.25, 0.3) is 0 Å². The van der Waals surface area contributed by atoms with Crippen molar-refractivity contribution in [3.05, 3.63) is 48.0 Å². The van der Waals surface area contributed by atoms with Crippen LogP contribution in [-0.4, -0.2) is 52.3 Å². The molecule has 0 spiro atoms. The van der Waals surface area contributed by atoms with E-state index >= 15 is 0 Å². The monoisotopic (exact) mass is 450 g/mol. The van der Waals surface area contributed by atoms with E-state index in [2.05, 4.69) is 0 Å². The van der Waals surface area contributed by atoms with Gasteiger partial charge in [0.25, 0.3) is 0 Å². The van der Waals surface area contributed by atoms with Gasteiger partial charge in [0.05, 0.1) is 26.3 Å². The highest BCUT2D eigenvalue weighted by molar-refractivity contribution is 7.89. The summed E-state index contributed by atoms with van der Waals surface area (Å²) in [6, 6.07) is 11.5. The summed E-state index contributed by atoms with van der Waals surface area (Å²) in [6.45, 7) is 4.75. The van der Waals surface area contributed by atoms with Crippen molar-refractivity contribution in [2.75, 3.05) is 26.9 Å².